The highest BCUT2D eigenvalue weighted by atomic mass is 16.8. The van der Waals surface area contributed by atoms with Crippen molar-refractivity contribution < 1.29 is 39.4 Å². The van der Waals surface area contributed by atoms with E-state index in [-0.39, 0.29) is 22.1 Å². The van der Waals surface area contributed by atoms with E-state index in [0.717, 1.165) is 0 Å². The molecule has 0 aliphatic carbocycles. The lowest BCUT2D eigenvalue weighted by Crippen LogP contribution is -2.67. The molecule has 2 heterocycles. The Kier molecular flexibility index (Phi) is 5.33. The van der Waals surface area contributed by atoms with E-state index in [4.69, 9.17) is 13.9 Å². The molecule has 5 atom stereocenters. The molecule has 0 saturated carbocycles. The molecule has 2 aromatic carbocycles. The van der Waals surface area contributed by atoms with E-state index in [1.807, 2.05) is 6.07 Å². The van der Waals surface area contributed by atoms with Crippen LogP contribution in [-0.2, 0) is 4.74 Å². The van der Waals surface area contributed by atoms with E-state index in [1.54, 1.807) is 24.3 Å². The van der Waals surface area contributed by atoms with Crippen LogP contribution in [0.2, 0.25) is 0 Å². The van der Waals surface area contributed by atoms with Crippen molar-refractivity contribution in [2.24, 2.45) is 0 Å². The van der Waals surface area contributed by atoms with Crippen LogP contribution >= 0.6 is 0 Å². The normalized spacial score (nSPS) is 29.1. The van der Waals surface area contributed by atoms with Gasteiger partial charge < -0.3 is 39.4 Å². The second-order valence-corrected chi connectivity index (χ2v) is 7.00. The van der Waals surface area contributed by atoms with Crippen LogP contribution in [0.4, 0.5) is 0 Å². The summed E-state index contributed by atoms with van der Waals surface area (Å²) in [6, 6.07) is 13.1. The third-order valence-corrected chi connectivity index (χ3v) is 5.02. The fourth-order valence-corrected chi connectivity index (χ4v) is 3.37. The molecule has 3 aromatic rings. The van der Waals surface area contributed by atoms with E-state index in [0.29, 0.717) is 11.1 Å². The van der Waals surface area contributed by atoms with Crippen LogP contribution in [0.25, 0.3) is 22.1 Å². The molecule has 1 saturated heterocycles. The first-order valence-corrected chi connectivity index (χ1v) is 9.19. The SMILES string of the molecule is O=c1c(-c2ccccc2)coc2cc(O[C@]3(O)O[C@@H](CO)[C@H](O)[C@@H](O)[C@@H]3O)ccc12. The van der Waals surface area contributed by atoms with Gasteiger partial charge >= 0.3 is 5.97 Å². The quantitative estimate of drug-likeness (QED) is 0.369. The predicted molar refractivity (Wildman–Crippen MR) is 103 cm³/mol. The van der Waals surface area contributed by atoms with E-state index < -0.39 is 37.0 Å². The zero-order valence-electron chi connectivity index (χ0n) is 15.6. The minimum atomic E-state index is -2.75. The average molecular weight is 416 g/mol. The standard InChI is InChI=1S/C21H20O9/c22-9-16-18(24)19(25)20(26)21(27,30-16)29-12-6-7-13-15(8-12)28-10-14(17(13)23)11-4-2-1-3-5-11/h1-8,10,16,18-20,22,24-27H,9H2/t16-,18-,19+,20-,21-/m0/s1. The smallest absolute Gasteiger partial charge is 0.355 e. The predicted octanol–water partition coefficient (Wildman–Crippen LogP) is -0.0413. The van der Waals surface area contributed by atoms with Crippen LogP contribution in [0.15, 0.2) is 64.0 Å². The summed E-state index contributed by atoms with van der Waals surface area (Å²) in [5, 5.41) is 49.9. The molecule has 9 nitrogen and oxygen atoms in total. The number of aliphatic hydroxyl groups excluding tert-OH is 4. The summed E-state index contributed by atoms with van der Waals surface area (Å²) in [6.07, 6.45) is -5.56. The summed E-state index contributed by atoms with van der Waals surface area (Å²) in [4.78, 5) is 12.8. The van der Waals surface area contributed by atoms with Crippen molar-refractivity contribution >= 4 is 11.0 Å². The van der Waals surface area contributed by atoms with Gasteiger partial charge in [-0.1, -0.05) is 30.3 Å². The van der Waals surface area contributed by atoms with E-state index >= 15 is 0 Å². The van der Waals surface area contributed by atoms with Crippen LogP contribution in [-0.4, -0.2) is 62.5 Å². The summed E-state index contributed by atoms with van der Waals surface area (Å²) in [7, 11) is 0. The summed E-state index contributed by atoms with van der Waals surface area (Å²) in [5.74, 6) is -2.79. The molecule has 0 spiro atoms. The summed E-state index contributed by atoms with van der Waals surface area (Å²) in [6.45, 7) is -0.731. The first-order chi connectivity index (χ1) is 14.3. The van der Waals surface area contributed by atoms with Gasteiger partial charge in [0.2, 0.25) is 0 Å². The van der Waals surface area contributed by atoms with E-state index in [9.17, 15) is 30.3 Å². The van der Waals surface area contributed by atoms with Crippen molar-refractivity contribution in [3.63, 3.8) is 0 Å². The Morgan fingerprint density at radius 2 is 1.77 bits per heavy atom. The fourth-order valence-electron chi connectivity index (χ4n) is 3.37. The Hall–Kier alpha value is -2.79. The zero-order valence-corrected chi connectivity index (χ0v) is 15.6. The van der Waals surface area contributed by atoms with E-state index in [1.165, 1.54) is 24.5 Å². The van der Waals surface area contributed by atoms with Gasteiger partial charge in [-0.25, -0.2) is 0 Å². The molecule has 1 aliphatic heterocycles. The molecule has 30 heavy (non-hydrogen) atoms. The first-order valence-electron chi connectivity index (χ1n) is 9.19. The molecule has 4 rings (SSSR count). The first kappa shape index (κ1) is 20.5. The molecule has 0 radical (unpaired) electrons. The molecule has 158 valence electrons. The third kappa shape index (κ3) is 3.47. The fraction of sp³-hybridized carbons (Fsp3) is 0.286. The summed E-state index contributed by atoms with van der Waals surface area (Å²) < 4.78 is 15.9. The molecule has 0 amide bonds. The number of rotatable bonds is 4. The van der Waals surface area contributed by atoms with Crippen molar-refractivity contribution in [2.75, 3.05) is 6.61 Å². The largest absolute Gasteiger partial charge is 0.463 e. The Morgan fingerprint density at radius 3 is 2.47 bits per heavy atom. The maximum absolute atomic E-state index is 12.8. The van der Waals surface area contributed by atoms with Crippen LogP contribution in [0, 0.1) is 0 Å². The highest BCUT2D eigenvalue weighted by Crippen LogP contribution is 2.32. The van der Waals surface area contributed by atoms with Crippen LogP contribution in [0.3, 0.4) is 0 Å². The van der Waals surface area contributed by atoms with Crippen molar-refractivity contribution in [3.8, 4) is 16.9 Å². The van der Waals surface area contributed by atoms with Crippen molar-refractivity contribution in [3.05, 3.63) is 65.0 Å². The minimum absolute atomic E-state index is 0.0417. The Balaban J connectivity index is 1.67. The number of hydrogen-bond donors (Lipinski definition) is 5. The molecular formula is C21H20O9. The maximum atomic E-state index is 12.8. The van der Waals surface area contributed by atoms with Crippen molar-refractivity contribution in [1.82, 2.24) is 0 Å². The van der Waals surface area contributed by atoms with Crippen molar-refractivity contribution in [1.29, 1.82) is 0 Å². The lowest BCUT2D eigenvalue weighted by Gasteiger charge is -2.44. The lowest BCUT2D eigenvalue weighted by atomic mass is 9.98. The number of hydrogen-bond acceptors (Lipinski definition) is 9. The maximum Gasteiger partial charge on any atom is 0.355 e. The summed E-state index contributed by atoms with van der Waals surface area (Å²) >= 11 is 0. The molecule has 1 aromatic heterocycles. The van der Waals surface area contributed by atoms with Gasteiger partial charge in [-0.15, -0.1) is 0 Å². The van der Waals surface area contributed by atoms with Gasteiger partial charge in [0, 0.05) is 6.07 Å². The topological polar surface area (TPSA) is 150 Å². The van der Waals surface area contributed by atoms with Crippen LogP contribution < -0.4 is 10.2 Å². The molecule has 1 aliphatic rings. The van der Waals surface area contributed by atoms with Gasteiger partial charge in [-0.05, 0) is 17.7 Å². The number of aliphatic hydroxyl groups is 5. The number of ether oxygens (including phenoxy) is 2. The van der Waals surface area contributed by atoms with Gasteiger partial charge in [-0.2, -0.15) is 0 Å². The zero-order chi connectivity index (χ0) is 21.5. The minimum Gasteiger partial charge on any atom is -0.463 e. The highest BCUT2D eigenvalue weighted by Gasteiger charge is 2.55. The second-order valence-electron chi connectivity index (χ2n) is 7.00. The van der Waals surface area contributed by atoms with Gasteiger partial charge in [0.15, 0.2) is 11.5 Å². The summed E-state index contributed by atoms with van der Waals surface area (Å²) in [5.41, 5.74) is 0.972. The molecule has 0 unspecified atom stereocenters. The molecule has 9 heteroatoms. The molecule has 5 N–H and O–H groups in total. The average Bonchev–Trinajstić information content (AvgIpc) is 2.76. The van der Waals surface area contributed by atoms with Crippen molar-refractivity contribution in [2.45, 2.75) is 30.4 Å². The molecule has 0 bridgehead atoms. The lowest BCUT2D eigenvalue weighted by molar-refractivity contribution is -0.422. The Labute approximate surface area is 170 Å². The van der Waals surface area contributed by atoms with Crippen LogP contribution in [0.1, 0.15) is 0 Å². The highest BCUT2D eigenvalue weighted by molar-refractivity contribution is 5.82. The van der Waals surface area contributed by atoms with E-state index in [2.05, 4.69) is 0 Å². The Morgan fingerprint density at radius 1 is 1.03 bits per heavy atom. The van der Waals surface area contributed by atoms with Gasteiger partial charge in [-0.3, -0.25) is 4.79 Å². The van der Waals surface area contributed by atoms with Gasteiger partial charge in [0.25, 0.3) is 0 Å². The molecular weight excluding hydrogens is 396 g/mol. The molecule has 1 fully saturated rings. The monoisotopic (exact) mass is 416 g/mol. The third-order valence-electron chi connectivity index (χ3n) is 5.02. The van der Waals surface area contributed by atoms with Gasteiger partial charge in [0.1, 0.15) is 35.9 Å². The number of benzene rings is 2. The van der Waals surface area contributed by atoms with Crippen LogP contribution in [0.5, 0.6) is 5.75 Å². The van der Waals surface area contributed by atoms with Gasteiger partial charge in [0.05, 0.1) is 17.6 Å². The Bertz CT molecular complexity index is 1090. The number of fused-ring (bicyclic) bond motifs is 1. The second kappa shape index (κ2) is 7.80.